The summed E-state index contributed by atoms with van der Waals surface area (Å²) in [5.41, 5.74) is 0. The number of rotatable bonds is 15. The van der Waals surface area contributed by atoms with Gasteiger partial charge in [0.25, 0.3) is 5.89 Å². The smallest absolute Gasteiger partial charge is 0.263 e. The lowest BCUT2D eigenvalue weighted by Gasteiger charge is -2.23. The van der Waals surface area contributed by atoms with E-state index in [2.05, 4.69) is 33.1 Å². The van der Waals surface area contributed by atoms with Crippen LogP contribution < -0.4 is 24.0 Å². The zero-order chi connectivity index (χ0) is 20.3. The minimum absolute atomic E-state index is 0. The molecular weight excluding hydrogens is 491 g/mol. The summed E-state index contributed by atoms with van der Waals surface area (Å²) in [7, 11) is 3.13. The van der Waals surface area contributed by atoms with Crippen molar-refractivity contribution < 1.29 is 46.1 Å². The Balaban J connectivity index is 0.00000729. The highest BCUT2D eigenvalue weighted by molar-refractivity contribution is 7.91. The van der Waals surface area contributed by atoms with E-state index in [1.165, 1.54) is 12.8 Å². The largest absolute Gasteiger partial charge is 1.00 e. The molecule has 0 spiro atoms. The van der Waals surface area contributed by atoms with Gasteiger partial charge in [0.15, 0.2) is 9.84 Å². The molecule has 0 aliphatic heterocycles. The first-order valence-electron chi connectivity index (χ1n) is 10.1. The molecule has 1 aromatic heterocycles. The number of oxazole rings is 1. The number of Topliss-reactive ketones (excluding diaryl/α,β-unsaturated/α-hetero) is 1. The van der Waals surface area contributed by atoms with E-state index in [1.54, 1.807) is 6.20 Å². The molecule has 0 atom stereocenters. The van der Waals surface area contributed by atoms with Gasteiger partial charge >= 0.3 is 0 Å². The summed E-state index contributed by atoms with van der Waals surface area (Å²) in [5, 5.41) is 0. The number of nitrogens with zero attached hydrogens (tertiary/aromatic N) is 2. The van der Waals surface area contributed by atoms with Crippen LogP contribution in [0.1, 0.15) is 74.7 Å². The lowest BCUT2D eigenvalue weighted by Crippen LogP contribution is -3.00. The second-order valence-electron chi connectivity index (χ2n) is 8.34. The highest BCUT2D eigenvalue weighted by atomic mass is 127. The molecule has 1 aromatic rings. The zero-order valence-electron chi connectivity index (χ0n) is 17.9. The minimum Gasteiger partial charge on any atom is -1.00 e. The van der Waals surface area contributed by atoms with E-state index in [0.717, 1.165) is 30.3 Å². The summed E-state index contributed by atoms with van der Waals surface area (Å²) in [6, 6.07) is 0. The number of aryl methyl sites for hydroxylation is 1. The van der Waals surface area contributed by atoms with Gasteiger partial charge in [-0.3, -0.25) is 4.79 Å². The zero-order valence-corrected chi connectivity index (χ0v) is 20.9. The van der Waals surface area contributed by atoms with Gasteiger partial charge in [0.1, 0.15) is 5.76 Å². The second-order valence-corrected chi connectivity index (χ2v) is 10.6. The lowest BCUT2D eigenvalue weighted by atomic mass is 10.1. The van der Waals surface area contributed by atoms with Crippen LogP contribution in [0.5, 0.6) is 0 Å². The minimum atomic E-state index is -3.04. The number of quaternary nitrogens is 1. The van der Waals surface area contributed by atoms with Gasteiger partial charge in [-0.2, -0.15) is 0 Å². The van der Waals surface area contributed by atoms with Gasteiger partial charge in [-0.05, 0) is 12.8 Å². The Kier molecular flexibility index (Phi) is 13.5. The van der Waals surface area contributed by atoms with E-state index < -0.39 is 9.84 Å². The van der Waals surface area contributed by atoms with Gasteiger partial charge in [0.2, 0.25) is 5.78 Å². The molecule has 0 aliphatic rings. The van der Waals surface area contributed by atoms with Crippen molar-refractivity contribution >= 4 is 15.6 Å². The fourth-order valence-electron chi connectivity index (χ4n) is 2.88. The first-order valence-corrected chi connectivity index (χ1v) is 11.9. The van der Waals surface area contributed by atoms with Crippen molar-refractivity contribution in [3.63, 3.8) is 0 Å². The fourth-order valence-corrected chi connectivity index (χ4v) is 4.23. The molecule has 164 valence electrons. The maximum absolute atomic E-state index is 12.1. The van der Waals surface area contributed by atoms with Crippen molar-refractivity contribution in [2.45, 2.75) is 64.7 Å². The third-order valence-electron chi connectivity index (χ3n) is 4.46. The maximum Gasteiger partial charge on any atom is 0.263 e. The maximum atomic E-state index is 12.1. The van der Waals surface area contributed by atoms with Crippen LogP contribution in [0.4, 0.5) is 0 Å². The predicted molar refractivity (Wildman–Crippen MR) is 109 cm³/mol. The number of hydrogen-bond donors (Lipinski definition) is 0. The first-order chi connectivity index (χ1) is 12.6. The number of aromatic nitrogens is 1. The monoisotopic (exact) mass is 528 g/mol. The van der Waals surface area contributed by atoms with Crippen molar-refractivity contribution in [1.29, 1.82) is 0 Å². The molecule has 0 fully saturated rings. The molecule has 0 radical (unpaired) electrons. The average Bonchev–Trinajstić information content (AvgIpc) is 3.02. The third kappa shape index (κ3) is 12.9. The van der Waals surface area contributed by atoms with E-state index >= 15 is 0 Å². The molecular formula is C20H37IN2O4S. The number of unbranched alkanes of at least 4 members (excludes halogenated alkanes) is 4. The van der Waals surface area contributed by atoms with E-state index in [9.17, 15) is 13.2 Å². The van der Waals surface area contributed by atoms with Gasteiger partial charge < -0.3 is 32.9 Å². The number of carbonyl (C=O) groups excluding carboxylic acids is 1. The Bertz CT molecular complexity index is 666. The van der Waals surface area contributed by atoms with E-state index in [-0.39, 0.29) is 47.2 Å². The highest BCUT2D eigenvalue weighted by Crippen LogP contribution is 2.13. The van der Waals surface area contributed by atoms with Crippen LogP contribution in [0.15, 0.2) is 10.6 Å². The predicted octanol–water partition coefficient (Wildman–Crippen LogP) is 0.666. The summed E-state index contributed by atoms with van der Waals surface area (Å²) in [6.45, 7) is 3.00. The molecule has 0 N–H and O–H groups in total. The van der Waals surface area contributed by atoms with Crippen LogP contribution in [-0.2, 0) is 16.3 Å². The van der Waals surface area contributed by atoms with Crippen LogP contribution in [0.2, 0.25) is 0 Å². The summed E-state index contributed by atoms with van der Waals surface area (Å²) in [6.07, 6.45) is 9.13. The third-order valence-corrected chi connectivity index (χ3v) is 6.28. The molecule has 1 rings (SSSR count). The number of sulfone groups is 1. The van der Waals surface area contributed by atoms with Crippen molar-refractivity contribution in [3.8, 4) is 0 Å². The van der Waals surface area contributed by atoms with Crippen LogP contribution in [0, 0.1) is 0 Å². The normalized spacial score (nSPS) is 12.0. The van der Waals surface area contributed by atoms with Gasteiger partial charge in [-0.1, -0.05) is 32.6 Å². The first kappa shape index (κ1) is 27.5. The van der Waals surface area contributed by atoms with Crippen LogP contribution in [0.3, 0.4) is 0 Å². The lowest BCUT2D eigenvalue weighted by molar-refractivity contribution is -0.870. The fraction of sp³-hybridized carbons (Fsp3) is 0.800. The van der Waals surface area contributed by atoms with Gasteiger partial charge in [0.05, 0.1) is 45.4 Å². The Morgan fingerprint density at radius 2 is 1.68 bits per heavy atom. The van der Waals surface area contributed by atoms with Crippen LogP contribution in [-0.4, -0.2) is 62.9 Å². The molecule has 0 aliphatic carbocycles. The molecule has 0 saturated heterocycles. The molecule has 0 aromatic carbocycles. The summed E-state index contributed by atoms with van der Waals surface area (Å²) < 4.78 is 30.5. The van der Waals surface area contributed by atoms with E-state index in [0.29, 0.717) is 31.4 Å². The second kappa shape index (κ2) is 13.7. The van der Waals surface area contributed by atoms with Gasteiger partial charge in [-0.15, -0.1) is 0 Å². The van der Waals surface area contributed by atoms with E-state index in [1.807, 2.05) is 0 Å². The summed E-state index contributed by atoms with van der Waals surface area (Å²) in [5.74, 6) is 1.05. The number of halogens is 1. The Morgan fingerprint density at radius 1 is 1.04 bits per heavy atom. The van der Waals surface area contributed by atoms with Crippen molar-refractivity contribution in [1.82, 2.24) is 4.98 Å². The molecule has 1 heterocycles. The quantitative estimate of drug-likeness (QED) is 0.145. The SMILES string of the molecule is CCCCCCCC(=O)c1ncc(CCCS(=O)(=O)CCC[N+](C)(C)C)o1.[I-]. The Hall–Kier alpha value is -0.480. The molecule has 28 heavy (non-hydrogen) atoms. The standard InChI is InChI=1S/C20H37N2O4S.HI/c1-5-6-7-8-9-13-19(23)20-21-17-18(26-20)12-10-15-27(24,25)16-11-14-22(2,3)4;/h17H,5-16H2,1-4H3;1H/q+1;/p-1. The summed E-state index contributed by atoms with van der Waals surface area (Å²) in [4.78, 5) is 16.1. The number of hydrogen-bond acceptors (Lipinski definition) is 5. The number of carbonyl (C=O) groups is 1. The highest BCUT2D eigenvalue weighted by Gasteiger charge is 2.16. The van der Waals surface area contributed by atoms with Crippen LogP contribution >= 0.6 is 0 Å². The topological polar surface area (TPSA) is 77.2 Å². The average molecular weight is 528 g/mol. The molecule has 8 heteroatoms. The van der Waals surface area contributed by atoms with Crippen molar-refractivity contribution in [2.24, 2.45) is 0 Å². The van der Waals surface area contributed by atoms with E-state index in [4.69, 9.17) is 4.42 Å². The van der Waals surface area contributed by atoms with Crippen molar-refractivity contribution in [2.75, 3.05) is 39.2 Å². The number of ketones is 1. The Labute approximate surface area is 188 Å². The van der Waals surface area contributed by atoms with Gasteiger partial charge in [0, 0.05) is 19.3 Å². The molecule has 0 unspecified atom stereocenters. The Morgan fingerprint density at radius 3 is 2.32 bits per heavy atom. The molecule has 6 nitrogen and oxygen atoms in total. The molecule has 0 bridgehead atoms. The van der Waals surface area contributed by atoms with Crippen LogP contribution in [0.25, 0.3) is 0 Å². The molecule has 0 amide bonds. The van der Waals surface area contributed by atoms with Crippen molar-refractivity contribution in [3.05, 3.63) is 17.8 Å². The van der Waals surface area contributed by atoms with Gasteiger partial charge in [-0.25, -0.2) is 13.4 Å². The summed E-state index contributed by atoms with van der Waals surface area (Å²) >= 11 is 0. The molecule has 0 saturated carbocycles.